The predicted molar refractivity (Wildman–Crippen MR) is 102 cm³/mol. The second kappa shape index (κ2) is 9.02. The van der Waals surface area contributed by atoms with Crippen LogP contribution in [-0.2, 0) is 13.0 Å². The number of halogens is 1. The third kappa shape index (κ3) is 4.41. The average molecular weight is 363 g/mol. The largest absolute Gasteiger partial charge is 0.349 e. The number of hydrogen-bond donors (Lipinski definition) is 2. The zero-order valence-electron chi connectivity index (χ0n) is 14.6. The molecule has 3 N–H and O–H groups in total. The molecule has 2 unspecified atom stereocenters. The third-order valence-electron chi connectivity index (χ3n) is 4.98. The van der Waals surface area contributed by atoms with Crippen LogP contribution in [0.3, 0.4) is 0 Å². The highest BCUT2D eigenvalue weighted by Crippen LogP contribution is 2.25. The molecule has 25 heavy (non-hydrogen) atoms. The maximum Gasteiger partial charge on any atom is 0.254 e. The number of rotatable bonds is 6. The lowest BCUT2D eigenvalue weighted by molar-refractivity contribution is 0.0927. The zero-order valence-corrected chi connectivity index (χ0v) is 15.5. The van der Waals surface area contributed by atoms with Crippen molar-refractivity contribution in [2.45, 2.75) is 45.2 Å². The summed E-state index contributed by atoms with van der Waals surface area (Å²) in [5, 5.41) is 7.62. The van der Waals surface area contributed by atoms with Gasteiger partial charge in [-0.3, -0.25) is 9.48 Å². The van der Waals surface area contributed by atoms with Crippen molar-refractivity contribution in [3.8, 4) is 0 Å². The molecule has 3 rings (SSSR count). The first-order valence-corrected chi connectivity index (χ1v) is 8.82. The van der Waals surface area contributed by atoms with E-state index in [9.17, 15) is 4.79 Å². The van der Waals surface area contributed by atoms with Crippen LogP contribution in [0.25, 0.3) is 0 Å². The summed E-state index contributed by atoms with van der Waals surface area (Å²) in [6.07, 6.45) is 5.74. The van der Waals surface area contributed by atoms with E-state index in [-0.39, 0.29) is 24.4 Å². The van der Waals surface area contributed by atoms with Gasteiger partial charge in [0, 0.05) is 6.04 Å². The minimum Gasteiger partial charge on any atom is -0.349 e. The highest BCUT2D eigenvalue weighted by Gasteiger charge is 2.28. The van der Waals surface area contributed by atoms with Crippen LogP contribution in [0.1, 0.15) is 47.8 Å². The molecule has 1 amide bonds. The second-order valence-electron chi connectivity index (χ2n) is 6.51. The van der Waals surface area contributed by atoms with E-state index < -0.39 is 0 Å². The molecule has 1 aliphatic carbocycles. The fraction of sp³-hybridized carbons (Fsp3) is 0.474. The van der Waals surface area contributed by atoms with Crippen molar-refractivity contribution in [1.82, 2.24) is 15.1 Å². The van der Waals surface area contributed by atoms with Crippen LogP contribution in [0.4, 0.5) is 0 Å². The lowest BCUT2D eigenvalue weighted by atomic mass is 10.0. The van der Waals surface area contributed by atoms with Crippen LogP contribution in [0, 0.1) is 5.92 Å². The molecule has 1 aromatic heterocycles. The molecule has 1 saturated carbocycles. The second-order valence-corrected chi connectivity index (χ2v) is 6.51. The smallest absolute Gasteiger partial charge is 0.254 e. The van der Waals surface area contributed by atoms with Crippen molar-refractivity contribution < 1.29 is 4.79 Å². The van der Waals surface area contributed by atoms with Gasteiger partial charge in [0.05, 0.1) is 24.0 Å². The van der Waals surface area contributed by atoms with Crippen LogP contribution in [0.15, 0.2) is 36.5 Å². The Balaban J connectivity index is 0.00000225. The third-order valence-corrected chi connectivity index (χ3v) is 4.98. The summed E-state index contributed by atoms with van der Waals surface area (Å²) in [6.45, 7) is 3.39. The number of nitrogens with one attached hydrogen (secondary N) is 1. The standard InChI is InChI=1S/C19H26N4O.ClH/c1-2-18-16(19(24)22-17-10-6-9-15(17)11-20)12-21-23(18)13-14-7-4-3-5-8-14;/h3-5,7-8,12,15,17H,2,6,9-11,13,20H2,1H3,(H,22,24);1H. The molecule has 0 bridgehead atoms. The summed E-state index contributed by atoms with van der Waals surface area (Å²) in [5.41, 5.74) is 8.67. The molecule has 136 valence electrons. The van der Waals surface area contributed by atoms with Gasteiger partial charge in [-0.2, -0.15) is 5.10 Å². The van der Waals surface area contributed by atoms with Gasteiger partial charge in [-0.1, -0.05) is 43.7 Å². The van der Waals surface area contributed by atoms with E-state index in [1.807, 2.05) is 22.9 Å². The van der Waals surface area contributed by atoms with Gasteiger partial charge in [0.2, 0.25) is 0 Å². The SMILES string of the molecule is CCc1c(C(=O)NC2CCCC2CN)cnn1Cc1ccccc1.Cl. The molecule has 1 aromatic carbocycles. The Morgan fingerprint density at radius 2 is 2.08 bits per heavy atom. The molecule has 1 aliphatic rings. The highest BCUT2D eigenvalue weighted by atomic mass is 35.5. The first kappa shape index (κ1) is 19.5. The summed E-state index contributed by atoms with van der Waals surface area (Å²) >= 11 is 0. The van der Waals surface area contributed by atoms with E-state index >= 15 is 0 Å². The Hall–Kier alpha value is -1.85. The Morgan fingerprint density at radius 1 is 1.32 bits per heavy atom. The Kier molecular flexibility index (Phi) is 7.02. The molecular weight excluding hydrogens is 336 g/mol. The number of nitrogens with two attached hydrogens (primary N) is 1. The molecule has 1 heterocycles. The quantitative estimate of drug-likeness (QED) is 0.829. The van der Waals surface area contributed by atoms with Gasteiger partial charge in [0.25, 0.3) is 5.91 Å². The number of carbonyl (C=O) groups is 1. The van der Waals surface area contributed by atoms with Crippen molar-refractivity contribution in [3.63, 3.8) is 0 Å². The fourth-order valence-electron chi connectivity index (χ4n) is 3.62. The van der Waals surface area contributed by atoms with Crippen LogP contribution in [0.5, 0.6) is 0 Å². The molecule has 0 aliphatic heterocycles. The predicted octanol–water partition coefficient (Wildman–Crippen LogP) is 2.77. The number of amides is 1. The van der Waals surface area contributed by atoms with Crippen molar-refractivity contribution in [2.24, 2.45) is 11.7 Å². The highest BCUT2D eigenvalue weighted by molar-refractivity contribution is 5.95. The molecule has 5 nitrogen and oxygen atoms in total. The van der Waals surface area contributed by atoms with Gasteiger partial charge in [-0.05, 0) is 37.3 Å². The molecule has 0 spiro atoms. The minimum atomic E-state index is -0.0171. The first-order valence-electron chi connectivity index (χ1n) is 8.82. The van der Waals surface area contributed by atoms with E-state index in [1.165, 1.54) is 5.56 Å². The van der Waals surface area contributed by atoms with Gasteiger partial charge in [-0.15, -0.1) is 12.4 Å². The van der Waals surface area contributed by atoms with Crippen LogP contribution < -0.4 is 11.1 Å². The van der Waals surface area contributed by atoms with Crippen molar-refractivity contribution in [2.75, 3.05) is 6.54 Å². The molecular formula is C19H27ClN4O. The van der Waals surface area contributed by atoms with Crippen LogP contribution >= 0.6 is 12.4 Å². The van der Waals surface area contributed by atoms with Crippen molar-refractivity contribution in [1.29, 1.82) is 0 Å². The molecule has 2 aromatic rings. The van der Waals surface area contributed by atoms with Gasteiger partial charge < -0.3 is 11.1 Å². The number of carbonyl (C=O) groups excluding carboxylic acids is 1. The van der Waals surface area contributed by atoms with Crippen molar-refractivity contribution >= 4 is 18.3 Å². The fourth-order valence-corrected chi connectivity index (χ4v) is 3.62. The average Bonchev–Trinajstić information content (AvgIpc) is 3.22. The van der Waals surface area contributed by atoms with Crippen LogP contribution in [-0.4, -0.2) is 28.3 Å². The lowest BCUT2D eigenvalue weighted by Crippen LogP contribution is -2.40. The molecule has 6 heteroatoms. The molecule has 0 radical (unpaired) electrons. The van der Waals surface area contributed by atoms with Gasteiger partial charge in [0.1, 0.15) is 0 Å². The number of nitrogens with zero attached hydrogens (tertiary/aromatic N) is 2. The number of benzene rings is 1. The Labute approximate surface area is 155 Å². The van der Waals surface area contributed by atoms with Gasteiger partial charge in [0.15, 0.2) is 0 Å². The maximum atomic E-state index is 12.7. The van der Waals surface area contributed by atoms with E-state index in [4.69, 9.17) is 5.73 Å². The molecule has 1 fully saturated rings. The topological polar surface area (TPSA) is 72.9 Å². The normalized spacial score (nSPS) is 19.4. The van der Waals surface area contributed by atoms with E-state index in [2.05, 4.69) is 29.5 Å². The number of hydrogen-bond acceptors (Lipinski definition) is 3. The van der Waals surface area contributed by atoms with E-state index in [0.29, 0.717) is 24.6 Å². The van der Waals surface area contributed by atoms with E-state index in [0.717, 1.165) is 31.4 Å². The summed E-state index contributed by atoms with van der Waals surface area (Å²) in [7, 11) is 0. The van der Waals surface area contributed by atoms with E-state index in [1.54, 1.807) is 6.20 Å². The zero-order chi connectivity index (χ0) is 16.9. The monoisotopic (exact) mass is 362 g/mol. The van der Waals surface area contributed by atoms with Gasteiger partial charge >= 0.3 is 0 Å². The Bertz CT molecular complexity index is 686. The number of aromatic nitrogens is 2. The Morgan fingerprint density at radius 3 is 2.76 bits per heavy atom. The van der Waals surface area contributed by atoms with Crippen LogP contribution in [0.2, 0.25) is 0 Å². The van der Waals surface area contributed by atoms with Crippen molar-refractivity contribution in [3.05, 3.63) is 53.3 Å². The maximum absolute atomic E-state index is 12.7. The lowest BCUT2D eigenvalue weighted by Gasteiger charge is -2.19. The molecule has 2 atom stereocenters. The molecule has 0 saturated heterocycles. The summed E-state index contributed by atoms with van der Waals surface area (Å²) in [5.74, 6) is 0.384. The minimum absolute atomic E-state index is 0. The summed E-state index contributed by atoms with van der Waals surface area (Å²) in [4.78, 5) is 12.7. The summed E-state index contributed by atoms with van der Waals surface area (Å²) < 4.78 is 1.93. The van der Waals surface area contributed by atoms with Gasteiger partial charge in [-0.25, -0.2) is 0 Å². The first-order chi connectivity index (χ1) is 11.7. The summed E-state index contributed by atoms with van der Waals surface area (Å²) in [6, 6.07) is 10.4.